The van der Waals surface area contributed by atoms with E-state index in [1.165, 1.54) is 18.2 Å². The zero-order valence-corrected chi connectivity index (χ0v) is 32.8. The summed E-state index contributed by atoms with van der Waals surface area (Å²) < 4.78 is 0. The largest absolute Gasteiger partial charge is 0.367 e. The topological polar surface area (TPSA) is 178 Å². The lowest BCUT2D eigenvalue weighted by atomic mass is 10.0. The highest BCUT2D eigenvalue weighted by atomic mass is 16.3. The fourth-order valence-corrected chi connectivity index (χ4v) is 6.36. The Morgan fingerprint density at radius 2 is 0.623 bits per heavy atom. The van der Waals surface area contributed by atoms with Crippen molar-refractivity contribution in [3.8, 4) is 0 Å². The second-order valence-electron chi connectivity index (χ2n) is 14.1. The molecule has 0 aliphatic heterocycles. The van der Waals surface area contributed by atoms with Crippen LogP contribution in [0.4, 0.5) is 34.1 Å². The quantitative estimate of drug-likeness (QED) is 0.0568. The molecule has 0 bridgehead atoms. The van der Waals surface area contributed by atoms with Crippen molar-refractivity contribution in [3.63, 3.8) is 0 Å². The van der Waals surface area contributed by atoms with E-state index in [-0.39, 0.29) is 28.5 Å². The van der Waals surface area contributed by atoms with E-state index in [9.17, 15) is 29.1 Å². The monoisotopic (exact) mass is 808 g/mol. The van der Waals surface area contributed by atoms with Crippen molar-refractivity contribution >= 4 is 63.7 Å². The summed E-state index contributed by atoms with van der Waals surface area (Å²) in [6.07, 6.45) is 0. The van der Waals surface area contributed by atoms with Crippen LogP contribution in [0.5, 0.6) is 0 Å². The predicted octanol–water partition coefficient (Wildman–Crippen LogP) is 9.23. The Morgan fingerprint density at radius 3 is 0.967 bits per heavy atom. The average Bonchev–Trinajstić information content (AvgIpc) is 3.27. The summed E-state index contributed by atoms with van der Waals surface area (Å²) in [6.45, 7) is 1.62. The Labute approximate surface area is 351 Å². The molecular formula is C49H40N6O6. The third-order valence-corrected chi connectivity index (χ3v) is 9.39. The fourth-order valence-electron chi connectivity index (χ4n) is 6.36. The third kappa shape index (κ3) is 10.8. The summed E-state index contributed by atoms with van der Waals surface area (Å²) >= 11 is 0. The Hall–Kier alpha value is -8.35. The molecule has 0 aromatic heterocycles. The van der Waals surface area contributed by atoms with Gasteiger partial charge in [-0.25, -0.2) is 0 Å². The molecule has 0 aliphatic carbocycles. The van der Waals surface area contributed by atoms with Crippen LogP contribution in [-0.2, 0) is 5.72 Å². The number of anilines is 6. The van der Waals surface area contributed by atoms with Gasteiger partial charge in [0.15, 0.2) is 5.72 Å². The van der Waals surface area contributed by atoms with Crippen LogP contribution in [0.3, 0.4) is 0 Å². The molecule has 1 atom stereocenters. The van der Waals surface area contributed by atoms with Gasteiger partial charge in [0.05, 0.1) is 0 Å². The molecule has 1 unspecified atom stereocenters. The lowest BCUT2D eigenvalue weighted by Crippen LogP contribution is -2.31. The van der Waals surface area contributed by atoms with Gasteiger partial charge in [0.25, 0.3) is 29.5 Å². The molecule has 7 aromatic rings. The summed E-state index contributed by atoms with van der Waals surface area (Å²) in [6, 6.07) is 50.4. The number of benzene rings is 7. The van der Waals surface area contributed by atoms with E-state index in [1.54, 1.807) is 140 Å². The van der Waals surface area contributed by atoms with Crippen molar-refractivity contribution in [1.82, 2.24) is 0 Å². The molecule has 12 nitrogen and oxygen atoms in total. The lowest BCUT2D eigenvalue weighted by Gasteiger charge is -2.26. The van der Waals surface area contributed by atoms with Crippen LogP contribution < -0.4 is 31.9 Å². The van der Waals surface area contributed by atoms with E-state index in [0.717, 1.165) is 0 Å². The van der Waals surface area contributed by atoms with Crippen molar-refractivity contribution < 1.29 is 29.1 Å². The summed E-state index contributed by atoms with van der Waals surface area (Å²) in [5.41, 5.74) is 2.59. The lowest BCUT2D eigenvalue weighted by molar-refractivity contribution is 0.0887. The van der Waals surface area contributed by atoms with Gasteiger partial charge >= 0.3 is 0 Å². The van der Waals surface area contributed by atoms with E-state index in [0.29, 0.717) is 50.8 Å². The van der Waals surface area contributed by atoms with Gasteiger partial charge in [0.1, 0.15) is 0 Å². The van der Waals surface area contributed by atoms with Crippen LogP contribution >= 0.6 is 0 Å². The summed E-state index contributed by atoms with van der Waals surface area (Å²) in [5, 5.41) is 28.3. The van der Waals surface area contributed by atoms with Crippen molar-refractivity contribution in [1.29, 1.82) is 0 Å². The van der Waals surface area contributed by atoms with Gasteiger partial charge in [-0.15, -0.1) is 0 Å². The number of hydrogen-bond acceptors (Lipinski definition) is 7. The minimum atomic E-state index is -1.42. The number of rotatable bonds is 13. The van der Waals surface area contributed by atoms with Gasteiger partial charge in [0, 0.05) is 67.5 Å². The number of carbonyl (C=O) groups is 5. The molecule has 12 heteroatoms. The molecule has 5 amide bonds. The highest BCUT2D eigenvalue weighted by Gasteiger charge is 2.23. The van der Waals surface area contributed by atoms with E-state index < -0.39 is 23.4 Å². The van der Waals surface area contributed by atoms with Gasteiger partial charge < -0.3 is 37.0 Å². The summed E-state index contributed by atoms with van der Waals surface area (Å²) in [5.74, 6) is -2.53. The van der Waals surface area contributed by atoms with Crippen molar-refractivity contribution in [3.05, 3.63) is 215 Å². The maximum absolute atomic E-state index is 13.9. The molecule has 0 spiro atoms. The molecule has 302 valence electrons. The van der Waals surface area contributed by atoms with Crippen molar-refractivity contribution in [2.24, 2.45) is 0 Å². The average molecular weight is 809 g/mol. The Balaban J connectivity index is 1.13. The van der Waals surface area contributed by atoms with E-state index in [4.69, 9.17) is 0 Å². The molecule has 0 saturated heterocycles. The standard InChI is InChI=1S/C49H40N6O6/c1-49(61,37-18-9-4-10-19-37)55-43-25-13-24-42(31-43)54-48(60)36-27-34(46(58)52-40-22-11-20-38(29-40)50-44(56)32-14-5-2-6-15-32)26-35(28-36)47(59)53-41-23-12-21-39(30-41)51-45(57)33-16-7-3-8-17-33/h2-31,55,61H,1H3,(H,50,56)(H,51,57)(H,52,58)(H,53,59)(H,54,60). The molecule has 7 N–H and O–H groups in total. The molecule has 0 heterocycles. The van der Waals surface area contributed by atoms with E-state index >= 15 is 0 Å². The summed E-state index contributed by atoms with van der Waals surface area (Å²) in [7, 11) is 0. The molecule has 61 heavy (non-hydrogen) atoms. The smallest absolute Gasteiger partial charge is 0.255 e. The molecule has 0 aliphatic rings. The zero-order chi connectivity index (χ0) is 42.8. The second-order valence-corrected chi connectivity index (χ2v) is 14.1. The molecule has 0 fully saturated rings. The number of nitrogens with one attached hydrogen (secondary N) is 6. The third-order valence-electron chi connectivity index (χ3n) is 9.39. The first-order valence-corrected chi connectivity index (χ1v) is 19.2. The molecular weight excluding hydrogens is 769 g/mol. The first kappa shape index (κ1) is 40.8. The van der Waals surface area contributed by atoms with Crippen LogP contribution in [0, 0.1) is 0 Å². The molecule has 7 rings (SSSR count). The minimum absolute atomic E-state index is 0.000180. The van der Waals surface area contributed by atoms with Crippen molar-refractivity contribution in [2.75, 3.05) is 31.9 Å². The predicted molar refractivity (Wildman–Crippen MR) is 238 cm³/mol. The van der Waals surface area contributed by atoms with Crippen LogP contribution in [0.1, 0.15) is 64.3 Å². The highest BCUT2D eigenvalue weighted by Crippen LogP contribution is 2.26. The number of carbonyl (C=O) groups excluding carboxylic acids is 5. The molecule has 0 radical (unpaired) electrons. The Kier molecular flexibility index (Phi) is 12.4. The highest BCUT2D eigenvalue weighted by molar-refractivity contribution is 6.13. The molecule has 0 saturated carbocycles. The number of aliphatic hydroxyl groups is 1. The number of amides is 5. The van der Waals surface area contributed by atoms with Crippen molar-refractivity contribution in [2.45, 2.75) is 12.6 Å². The molecule has 7 aromatic carbocycles. The van der Waals surface area contributed by atoms with Crippen LogP contribution in [0.2, 0.25) is 0 Å². The van der Waals surface area contributed by atoms with Gasteiger partial charge in [-0.2, -0.15) is 0 Å². The van der Waals surface area contributed by atoms with Gasteiger partial charge in [0.2, 0.25) is 0 Å². The Morgan fingerprint density at radius 1 is 0.344 bits per heavy atom. The fraction of sp³-hybridized carbons (Fsp3) is 0.0408. The maximum atomic E-state index is 13.9. The normalized spacial score (nSPS) is 11.6. The first-order valence-electron chi connectivity index (χ1n) is 19.2. The van der Waals surface area contributed by atoms with Crippen LogP contribution in [0.15, 0.2) is 182 Å². The maximum Gasteiger partial charge on any atom is 0.255 e. The van der Waals surface area contributed by atoms with Gasteiger partial charge in [-0.3, -0.25) is 24.0 Å². The minimum Gasteiger partial charge on any atom is -0.367 e. The van der Waals surface area contributed by atoms with Gasteiger partial charge in [-0.1, -0.05) is 84.9 Å². The van der Waals surface area contributed by atoms with Crippen LogP contribution in [-0.4, -0.2) is 34.6 Å². The van der Waals surface area contributed by atoms with E-state index in [1.807, 2.05) is 30.3 Å². The van der Waals surface area contributed by atoms with E-state index in [2.05, 4.69) is 31.9 Å². The second kappa shape index (κ2) is 18.5. The summed E-state index contributed by atoms with van der Waals surface area (Å²) in [4.78, 5) is 67.2. The zero-order valence-electron chi connectivity index (χ0n) is 32.8. The SMILES string of the molecule is CC(O)(Nc1cccc(NC(=O)c2cc(C(=O)Nc3cccc(NC(=O)c4ccccc4)c3)cc(C(=O)Nc3cccc(NC(=O)c4ccccc4)c3)c2)c1)c1ccccc1. The van der Waals surface area contributed by atoms with Gasteiger partial charge in [-0.05, 0) is 104 Å². The Bertz CT molecular complexity index is 2600. The number of hydrogen-bond donors (Lipinski definition) is 7. The van der Waals surface area contributed by atoms with Crippen LogP contribution in [0.25, 0.3) is 0 Å². The first-order chi connectivity index (χ1) is 29.5.